The van der Waals surface area contributed by atoms with E-state index >= 15 is 0 Å². The van der Waals surface area contributed by atoms with E-state index in [9.17, 15) is 9.59 Å². The van der Waals surface area contributed by atoms with Crippen molar-refractivity contribution in [3.8, 4) is 11.3 Å². The predicted octanol–water partition coefficient (Wildman–Crippen LogP) is 3.29. The standard InChI is InChI=1S/C16H11Cl2N3O4/c17-8-2-1-7(5-9(8)18)11-3-4-12(25-11)13(14(19)22)15-20-6-10(21-15)16(23)24/h1-6,13H,(H2,19,22)(H,20,21)(H,23,24). The topological polar surface area (TPSA) is 122 Å². The highest BCUT2D eigenvalue weighted by molar-refractivity contribution is 6.42. The monoisotopic (exact) mass is 379 g/mol. The van der Waals surface area contributed by atoms with Crippen LogP contribution in [0.2, 0.25) is 10.0 Å². The Balaban J connectivity index is 1.98. The van der Waals surface area contributed by atoms with Crippen LogP contribution < -0.4 is 5.73 Å². The summed E-state index contributed by atoms with van der Waals surface area (Å²) in [5.74, 6) is -2.25. The van der Waals surface area contributed by atoms with E-state index in [0.717, 1.165) is 0 Å². The lowest BCUT2D eigenvalue weighted by Crippen LogP contribution is -2.23. The number of aromatic carboxylic acids is 1. The molecule has 1 unspecified atom stereocenters. The number of imidazole rings is 1. The van der Waals surface area contributed by atoms with Crippen molar-refractivity contribution in [3.05, 3.63) is 63.9 Å². The zero-order chi connectivity index (χ0) is 18.1. The number of aromatic nitrogens is 2. The van der Waals surface area contributed by atoms with Crippen LogP contribution in [-0.2, 0) is 4.79 Å². The molecule has 0 aliphatic rings. The first kappa shape index (κ1) is 17.1. The van der Waals surface area contributed by atoms with Crippen LogP contribution in [0.25, 0.3) is 11.3 Å². The third-order valence-electron chi connectivity index (χ3n) is 3.49. The van der Waals surface area contributed by atoms with Crippen LogP contribution in [0.5, 0.6) is 0 Å². The number of halogens is 2. The van der Waals surface area contributed by atoms with Gasteiger partial charge in [-0.15, -0.1) is 0 Å². The fraction of sp³-hybridized carbons (Fsp3) is 0.0625. The summed E-state index contributed by atoms with van der Waals surface area (Å²) in [7, 11) is 0. The minimum absolute atomic E-state index is 0.0833. The van der Waals surface area contributed by atoms with Crippen molar-refractivity contribution in [1.29, 1.82) is 0 Å². The van der Waals surface area contributed by atoms with Crippen LogP contribution in [0.4, 0.5) is 0 Å². The van der Waals surface area contributed by atoms with Gasteiger partial charge in [0.05, 0.1) is 10.0 Å². The largest absolute Gasteiger partial charge is 0.476 e. The van der Waals surface area contributed by atoms with Gasteiger partial charge in [-0.1, -0.05) is 23.2 Å². The number of H-pyrrole nitrogens is 1. The van der Waals surface area contributed by atoms with E-state index in [4.69, 9.17) is 38.5 Å². The van der Waals surface area contributed by atoms with Gasteiger partial charge in [0, 0.05) is 11.8 Å². The highest BCUT2D eigenvalue weighted by Gasteiger charge is 2.28. The Morgan fingerprint density at radius 2 is 1.96 bits per heavy atom. The van der Waals surface area contributed by atoms with Crippen LogP contribution in [0.15, 0.2) is 40.9 Å². The third kappa shape index (κ3) is 3.38. The molecule has 0 saturated heterocycles. The molecule has 2 heterocycles. The molecule has 7 nitrogen and oxygen atoms in total. The van der Waals surface area contributed by atoms with Crippen LogP contribution in [0.3, 0.4) is 0 Å². The number of furan rings is 1. The van der Waals surface area contributed by atoms with E-state index in [2.05, 4.69) is 9.97 Å². The summed E-state index contributed by atoms with van der Waals surface area (Å²) in [6.07, 6.45) is 1.18. The van der Waals surface area contributed by atoms with Crippen molar-refractivity contribution in [1.82, 2.24) is 9.97 Å². The SMILES string of the molecule is NC(=O)C(c1nc(C(=O)O)c[nH]1)c1ccc(-c2ccc(Cl)c(Cl)c2)o1. The number of nitrogens with one attached hydrogen (secondary N) is 1. The molecule has 2 aromatic heterocycles. The average Bonchev–Trinajstić information content (AvgIpc) is 3.20. The van der Waals surface area contributed by atoms with Gasteiger partial charge in [-0.05, 0) is 30.3 Å². The van der Waals surface area contributed by atoms with Crippen LogP contribution in [0, 0.1) is 0 Å². The quantitative estimate of drug-likeness (QED) is 0.627. The predicted molar refractivity (Wildman–Crippen MR) is 90.7 cm³/mol. The van der Waals surface area contributed by atoms with Gasteiger partial charge in [-0.25, -0.2) is 9.78 Å². The van der Waals surface area contributed by atoms with Crippen LogP contribution >= 0.6 is 23.2 Å². The minimum atomic E-state index is -1.22. The molecule has 0 aliphatic carbocycles. The number of aromatic amines is 1. The molecule has 25 heavy (non-hydrogen) atoms. The van der Waals surface area contributed by atoms with Gasteiger partial charge >= 0.3 is 5.97 Å². The number of nitrogens with zero attached hydrogens (tertiary/aromatic N) is 1. The second kappa shape index (κ2) is 6.62. The molecule has 0 fully saturated rings. The molecule has 9 heteroatoms. The maximum atomic E-state index is 11.8. The Morgan fingerprint density at radius 1 is 1.20 bits per heavy atom. The van der Waals surface area contributed by atoms with Crippen LogP contribution in [0.1, 0.15) is 28.0 Å². The molecule has 0 spiro atoms. The normalized spacial score (nSPS) is 12.1. The Hall–Kier alpha value is -2.77. The highest BCUT2D eigenvalue weighted by Crippen LogP contribution is 2.32. The lowest BCUT2D eigenvalue weighted by Gasteiger charge is -2.07. The summed E-state index contributed by atoms with van der Waals surface area (Å²) in [5, 5.41) is 9.71. The second-order valence-corrected chi connectivity index (χ2v) is 5.96. The minimum Gasteiger partial charge on any atom is -0.476 e. The fourth-order valence-corrected chi connectivity index (χ4v) is 2.61. The number of carboxylic acids is 1. The molecule has 3 rings (SSSR count). The van der Waals surface area contributed by atoms with Crippen LogP contribution in [-0.4, -0.2) is 27.0 Å². The summed E-state index contributed by atoms with van der Waals surface area (Å²) >= 11 is 11.9. The molecule has 128 valence electrons. The number of benzene rings is 1. The summed E-state index contributed by atoms with van der Waals surface area (Å²) in [4.78, 5) is 29.3. The Kier molecular flexibility index (Phi) is 4.52. The smallest absolute Gasteiger partial charge is 0.356 e. The van der Waals surface area contributed by atoms with E-state index in [1.165, 1.54) is 6.20 Å². The third-order valence-corrected chi connectivity index (χ3v) is 4.23. The van der Waals surface area contributed by atoms with E-state index in [-0.39, 0.29) is 17.3 Å². The van der Waals surface area contributed by atoms with Crippen molar-refractivity contribution in [2.45, 2.75) is 5.92 Å². The lowest BCUT2D eigenvalue weighted by atomic mass is 10.1. The molecule has 3 aromatic rings. The number of hydrogen-bond acceptors (Lipinski definition) is 4. The first-order chi connectivity index (χ1) is 11.9. The maximum absolute atomic E-state index is 11.8. The van der Waals surface area contributed by atoms with Gasteiger partial charge in [0.15, 0.2) is 11.6 Å². The van der Waals surface area contributed by atoms with E-state index in [1.54, 1.807) is 30.3 Å². The van der Waals surface area contributed by atoms with Crippen molar-refractivity contribution < 1.29 is 19.1 Å². The van der Waals surface area contributed by atoms with Crippen molar-refractivity contribution >= 4 is 35.1 Å². The molecule has 4 N–H and O–H groups in total. The van der Waals surface area contributed by atoms with Crippen molar-refractivity contribution in [3.63, 3.8) is 0 Å². The number of amides is 1. The first-order valence-electron chi connectivity index (χ1n) is 7.00. The van der Waals surface area contributed by atoms with Gasteiger partial charge in [0.1, 0.15) is 17.3 Å². The number of carboxylic acid groups (broad SMARTS) is 1. The second-order valence-electron chi connectivity index (χ2n) is 5.14. The fourth-order valence-electron chi connectivity index (χ4n) is 2.32. The van der Waals surface area contributed by atoms with Gasteiger partial charge < -0.3 is 20.2 Å². The highest BCUT2D eigenvalue weighted by atomic mass is 35.5. The molecule has 0 saturated carbocycles. The van der Waals surface area contributed by atoms with Gasteiger partial charge in [0.2, 0.25) is 5.91 Å². The summed E-state index contributed by atoms with van der Waals surface area (Å²) in [6, 6.07) is 8.17. The number of carbonyl (C=O) groups is 2. The van der Waals surface area contributed by atoms with Gasteiger partial charge in [0.25, 0.3) is 0 Å². The molecule has 1 aromatic carbocycles. The number of primary amides is 1. The molecule has 0 radical (unpaired) electrons. The van der Waals surface area contributed by atoms with E-state index < -0.39 is 17.8 Å². The van der Waals surface area contributed by atoms with E-state index in [1.807, 2.05) is 0 Å². The lowest BCUT2D eigenvalue weighted by molar-refractivity contribution is -0.119. The Labute approximate surface area is 151 Å². The van der Waals surface area contributed by atoms with Crippen molar-refractivity contribution in [2.75, 3.05) is 0 Å². The number of rotatable bonds is 5. The average molecular weight is 380 g/mol. The molecular weight excluding hydrogens is 369 g/mol. The maximum Gasteiger partial charge on any atom is 0.356 e. The molecular formula is C16H11Cl2N3O4. The zero-order valence-electron chi connectivity index (χ0n) is 12.5. The Bertz CT molecular complexity index is 964. The Morgan fingerprint density at radius 3 is 2.56 bits per heavy atom. The molecule has 1 atom stereocenters. The van der Waals surface area contributed by atoms with Crippen molar-refractivity contribution in [2.24, 2.45) is 5.73 Å². The van der Waals surface area contributed by atoms with E-state index in [0.29, 0.717) is 21.4 Å². The summed E-state index contributed by atoms with van der Waals surface area (Å²) < 4.78 is 5.70. The number of hydrogen-bond donors (Lipinski definition) is 3. The van der Waals surface area contributed by atoms with Gasteiger partial charge in [-0.3, -0.25) is 4.79 Å². The summed E-state index contributed by atoms with van der Waals surface area (Å²) in [5.41, 5.74) is 5.87. The molecule has 0 aliphatic heterocycles. The summed E-state index contributed by atoms with van der Waals surface area (Å²) in [6.45, 7) is 0. The van der Waals surface area contributed by atoms with Gasteiger partial charge in [-0.2, -0.15) is 0 Å². The number of carbonyl (C=O) groups excluding carboxylic acids is 1. The molecule has 1 amide bonds. The number of nitrogens with two attached hydrogens (primary N) is 1. The zero-order valence-corrected chi connectivity index (χ0v) is 14.0. The first-order valence-corrected chi connectivity index (χ1v) is 7.75. The molecule has 0 bridgehead atoms.